The summed E-state index contributed by atoms with van der Waals surface area (Å²) >= 11 is 0. The fourth-order valence-corrected chi connectivity index (χ4v) is 2.48. The summed E-state index contributed by atoms with van der Waals surface area (Å²) < 4.78 is 10.3. The largest absolute Gasteiger partial charge is 0.451 e. The van der Waals surface area contributed by atoms with E-state index in [1.807, 2.05) is 24.3 Å². The molecule has 1 aliphatic rings. The van der Waals surface area contributed by atoms with Crippen LogP contribution in [0.15, 0.2) is 36.7 Å². The maximum atomic E-state index is 11.9. The van der Waals surface area contributed by atoms with Crippen molar-refractivity contribution in [3.63, 3.8) is 0 Å². The number of morpholine rings is 1. The van der Waals surface area contributed by atoms with Gasteiger partial charge in [0.05, 0.1) is 25.1 Å². The first kappa shape index (κ1) is 17.8. The Hall–Kier alpha value is -3.00. The Labute approximate surface area is 151 Å². The molecule has 8 heteroatoms. The number of nitrogens with one attached hydrogen (secondary N) is 1. The molecule has 0 radical (unpaired) electrons. The second-order valence-electron chi connectivity index (χ2n) is 5.81. The van der Waals surface area contributed by atoms with Gasteiger partial charge in [-0.25, -0.2) is 9.78 Å². The normalized spacial score (nSPS) is 14.0. The Morgan fingerprint density at radius 1 is 1.15 bits per heavy atom. The van der Waals surface area contributed by atoms with Gasteiger partial charge in [0.15, 0.2) is 12.3 Å². The fraction of sp³-hybridized carbons (Fsp3) is 0.333. The number of aryl methyl sites for hydroxylation is 1. The van der Waals surface area contributed by atoms with Crippen molar-refractivity contribution in [2.24, 2.45) is 0 Å². The zero-order valence-corrected chi connectivity index (χ0v) is 14.5. The predicted molar refractivity (Wildman–Crippen MR) is 95.2 cm³/mol. The molecule has 8 nitrogen and oxygen atoms in total. The molecule has 1 amide bonds. The van der Waals surface area contributed by atoms with Crippen LogP contribution in [0, 0.1) is 6.92 Å². The summed E-state index contributed by atoms with van der Waals surface area (Å²) in [6, 6.07) is 7.51. The number of carbonyl (C=O) groups is 2. The van der Waals surface area contributed by atoms with Crippen molar-refractivity contribution in [3.05, 3.63) is 48.0 Å². The molecule has 0 atom stereocenters. The van der Waals surface area contributed by atoms with Gasteiger partial charge < -0.3 is 19.7 Å². The summed E-state index contributed by atoms with van der Waals surface area (Å²) in [4.78, 5) is 33.8. The molecule has 2 heterocycles. The van der Waals surface area contributed by atoms with Crippen LogP contribution < -0.4 is 10.2 Å². The monoisotopic (exact) mass is 356 g/mol. The van der Waals surface area contributed by atoms with Gasteiger partial charge in [-0.3, -0.25) is 9.78 Å². The summed E-state index contributed by atoms with van der Waals surface area (Å²) in [5.74, 6) is -1.10. The summed E-state index contributed by atoms with van der Waals surface area (Å²) in [6.45, 7) is 4.51. The van der Waals surface area contributed by atoms with E-state index in [1.165, 1.54) is 12.4 Å². The number of esters is 1. The van der Waals surface area contributed by atoms with Gasteiger partial charge in [-0.2, -0.15) is 0 Å². The highest BCUT2D eigenvalue weighted by molar-refractivity contribution is 5.94. The zero-order valence-electron chi connectivity index (χ0n) is 14.5. The average Bonchev–Trinajstić information content (AvgIpc) is 2.68. The predicted octanol–water partition coefficient (Wildman–Crippen LogP) is 1.42. The van der Waals surface area contributed by atoms with Crippen LogP contribution in [0.2, 0.25) is 0 Å². The lowest BCUT2D eigenvalue weighted by Crippen LogP contribution is -2.36. The van der Waals surface area contributed by atoms with E-state index in [4.69, 9.17) is 9.47 Å². The van der Waals surface area contributed by atoms with Crippen molar-refractivity contribution in [2.45, 2.75) is 6.92 Å². The second-order valence-corrected chi connectivity index (χ2v) is 5.81. The molecule has 1 N–H and O–H groups in total. The lowest BCUT2D eigenvalue weighted by Gasteiger charge is -2.28. The second kappa shape index (κ2) is 8.39. The van der Waals surface area contributed by atoms with Gasteiger partial charge in [-0.05, 0) is 31.2 Å². The van der Waals surface area contributed by atoms with Gasteiger partial charge in [0, 0.05) is 30.7 Å². The minimum atomic E-state index is -0.685. The van der Waals surface area contributed by atoms with E-state index in [-0.39, 0.29) is 12.3 Å². The van der Waals surface area contributed by atoms with Crippen LogP contribution in [0.1, 0.15) is 16.2 Å². The molecule has 26 heavy (non-hydrogen) atoms. The third-order valence-electron chi connectivity index (χ3n) is 3.85. The number of ether oxygens (including phenoxy) is 2. The Bertz CT molecular complexity index is 756. The summed E-state index contributed by atoms with van der Waals surface area (Å²) in [5, 5.41) is 2.69. The molecule has 0 unspecified atom stereocenters. The molecular weight excluding hydrogens is 336 g/mol. The zero-order chi connectivity index (χ0) is 18.4. The van der Waals surface area contributed by atoms with Crippen molar-refractivity contribution < 1.29 is 19.1 Å². The molecule has 1 aromatic carbocycles. The summed E-state index contributed by atoms with van der Waals surface area (Å²) in [7, 11) is 0. The number of amides is 1. The van der Waals surface area contributed by atoms with Crippen LogP contribution in [-0.2, 0) is 14.3 Å². The van der Waals surface area contributed by atoms with Crippen molar-refractivity contribution in [1.82, 2.24) is 9.97 Å². The van der Waals surface area contributed by atoms with E-state index < -0.39 is 11.9 Å². The summed E-state index contributed by atoms with van der Waals surface area (Å²) in [5.41, 5.74) is 2.48. The minimum Gasteiger partial charge on any atom is -0.451 e. The Morgan fingerprint density at radius 2 is 1.88 bits per heavy atom. The molecule has 1 aromatic heterocycles. The van der Waals surface area contributed by atoms with Gasteiger partial charge in [0.2, 0.25) is 0 Å². The Balaban J connectivity index is 1.48. The molecule has 136 valence electrons. The van der Waals surface area contributed by atoms with Gasteiger partial charge in [-0.15, -0.1) is 0 Å². The molecule has 2 aromatic rings. The van der Waals surface area contributed by atoms with Crippen molar-refractivity contribution >= 4 is 23.3 Å². The molecule has 1 saturated heterocycles. The number of rotatable bonds is 5. The molecule has 0 saturated carbocycles. The lowest BCUT2D eigenvalue weighted by molar-refractivity contribution is -0.119. The van der Waals surface area contributed by atoms with E-state index in [1.54, 1.807) is 6.92 Å². The molecule has 3 rings (SSSR count). The Morgan fingerprint density at radius 3 is 2.54 bits per heavy atom. The maximum absolute atomic E-state index is 11.9. The highest BCUT2D eigenvalue weighted by Crippen LogP contribution is 2.19. The lowest BCUT2D eigenvalue weighted by atomic mass is 10.2. The number of hydrogen-bond acceptors (Lipinski definition) is 7. The van der Waals surface area contributed by atoms with Crippen LogP contribution in [0.25, 0.3) is 0 Å². The maximum Gasteiger partial charge on any atom is 0.359 e. The smallest absolute Gasteiger partial charge is 0.359 e. The van der Waals surface area contributed by atoms with E-state index in [2.05, 4.69) is 20.2 Å². The standard InChI is InChI=1S/C18H20N4O4/c1-13-10-20-16(11-19-13)18(24)26-12-17(23)21-14-2-4-15(5-3-14)22-6-8-25-9-7-22/h2-5,10-11H,6-9,12H2,1H3,(H,21,23). The Kier molecular flexibility index (Phi) is 5.75. The molecule has 0 spiro atoms. The first-order chi connectivity index (χ1) is 12.6. The highest BCUT2D eigenvalue weighted by atomic mass is 16.5. The molecule has 0 aliphatic carbocycles. The van der Waals surface area contributed by atoms with E-state index >= 15 is 0 Å². The molecule has 1 aliphatic heterocycles. The molecule has 0 bridgehead atoms. The number of nitrogens with zero attached hydrogens (tertiary/aromatic N) is 3. The quantitative estimate of drug-likeness (QED) is 0.810. The third kappa shape index (κ3) is 4.76. The van der Waals surface area contributed by atoms with Crippen LogP contribution in [0.4, 0.5) is 11.4 Å². The van der Waals surface area contributed by atoms with Gasteiger partial charge >= 0.3 is 5.97 Å². The first-order valence-electron chi connectivity index (χ1n) is 8.30. The third-order valence-corrected chi connectivity index (χ3v) is 3.85. The summed E-state index contributed by atoms with van der Waals surface area (Å²) in [6.07, 6.45) is 2.78. The fourth-order valence-electron chi connectivity index (χ4n) is 2.48. The van der Waals surface area contributed by atoms with Crippen molar-refractivity contribution in [2.75, 3.05) is 43.1 Å². The number of aromatic nitrogens is 2. The highest BCUT2D eigenvalue weighted by Gasteiger charge is 2.13. The number of benzene rings is 1. The van der Waals surface area contributed by atoms with Gasteiger partial charge in [-0.1, -0.05) is 0 Å². The van der Waals surface area contributed by atoms with Gasteiger partial charge in [0.1, 0.15) is 0 Å². The van der Waals surface area contributed by atoms with Crippen LogP contribution in [0.5, 0.6) is 0 Å². The molecule has 1 fully saturated rings. The van der Waals surface area contributed by atoms with E-state index in [9.17, 15) is 9.59 Å². The van der Waals surface area contributed by atoms with Crippen LogP contribution >= 0.6 is 0 Å². The SMILES string of the molecule is Cc1cnc(C(=O)OCC(=O)Nc2ccc(N3CCOCC3)cc2)cn1. The number of anilines is 2. The number of hydrogen-bond donors (Lipinski definition) is 1. The van der Waals surface area contributed by atoms with Crippen molar-refractivity contribution in [1.29, 1.82) is 0 Å². The van der Waals surface area contributed by atoms with Crippen LogP contribution in [0.3, 0.4) is 0 Å². The first-order valence-corrected chi connectivity index (χ1v) is 8.30. The van der Waals surface area contributed by atoms with Gasteiger partial charge in [0.25, 0.3) is 5.91 Å². The minimum absolute atomic E-state index is 0.0678. The average molecular weight is 356 g/mol. The topological polar surface area (TPSA) is 93.6 Å². The van der Waals surface area contributed by atoms with Crippen LogP contribution in [-0.4, -0.2) is 54.8 Å². The molecular formula is C18H20N4O4. The van der Waals surface area contributed by atoms with E-state index in [0.717, 1.165) is 32.0 Å². The number of carbonyl (C=O) groups excluding carboxylic acids is 2. The van der Waals surface area contributed by atoms with Crippen molar-refractivity contribution in [3.8, 4) is 0 Å². The van der Waals surface area contributed by atoms with E-state index in [0.29, 0.717) is 11.4 Å².